The number of aromatic nitrogens is 3. The minimum atomic E-state index is -0.0769. The summed E-state index contributed by atoms with van der Waals surface area (Å²) in [5, 5.41) is 10.9. The Hall–Kier alpha value is -3.26. The maximum absolute atomic E-state index is 12.9. The summed E-state index contributed by atoms with van der Waals surface area (Å²) in [6.07, 6.45) is 7.41. The molecule has 3 aromatic heterocycles. The third-order valence-corrected chi connectivity index (χ3v) is 5.81. The van der Waals surface area contributed by atoms with E-state index in [1.54, 1.807) is 18.6 Å². The van der Waals surface area contributed by atoms with E-state index < -0.39 is 0 Å². The zero-order valence-electron chi connectivity index (χ0n) is 17.8. The summed E-state index contributed by atoms with van der Waals surface area (Å²) in [7, 11) is 0. The fourth-order valence-electron chi connectivity index (χ4n) is 3.73. The first kappa shape index (κ1) is 19.7. The van der Waals surface area contributed by atoms with E-state index in [-0.39, 0.29) is 11.9 Å². The molecule has 3 N–H and O–H groups in total. The fraction of sp³-hybridized carbons (Fsp3) is 0.391. The summed E-state index contributed by atoms with van der Waals surface area (Å²) in [6.45, 7) is 6.13. The van der Waals surface area contributed by atoms with Crippen LogP contribution >= 0.6 is 0 Å². The van der Waals surface area contributed by atoms with E-state index in [1.165, 1.54) is 0 Å². The lowest BCUT2D eigenvalue weighted by Gasteiger charge is -2.42. The summed E-state index contributed by atoms with van der Waals surface area (Å²) in [4.78, 5) is 28.5. The van der Waals surface area contributed by atoms with Gasteiger partial charge in [-0.25, -0.2) is 9.97 Å². The predicted octanol–water partition coefficient (Wildman–Crippen LogP) is 3.17. The van der Waals surface area contributed by atoms with Gasteiger partial charge < -0.3 is 16.0 Å². The molecule has 2 aliphatic rings. The van der Waals surface area contributed by atoms with Gasteiger partial charge in [0.25, 0.3) is 5.91 Å². The minimum absolute atomic E-state index is 0.0769. The maximum Gasteiger partial charge on any atom is 0.255 e. The summed E-state index contributed by atoms with van der Waals surface area (Å²) in [5.41, 5.74) is 2.25. The molecule has 1 aliphatic heterocycles. The molecule has 1 aliphatic carbocycles. The molecular weight excluding hydrogens is 390 g/mol. The molecule has 4 heterocycles. The van der Waals surface area contributed by atoms with Crippen LogP contribution in [0.4, 0.5) is 17.3 Å². The van der Waals surface area contributed by atoms with Crippen LogP contribution in [0.2, 0.25) is 0 Å². The van der Waals surface area contributed by atoms with Crippen molar-refractivity contribution in [3.63, 3.8) is 0 Å². The van der Waals surface area contributed by atoms with Crippen LogP contribution in [-0.2, 0) is 0 Å². The van der Waals surface area contributed by atoms with Gasteiger partial charge >= 0.3 is 0 Å². The van der Waals surface area contributed by atoms with Gasteiger partial charge in [-0.1, -0.05) is 0 Å². The van der Waals surface area contributed by atoms with E-state index in [2.05, 4.69) is 49.6 Å². The highest BCUT2D eigenvalue weighted by Crippen LogP contribution is 2.29. The van der Waals surface area contributed by atoms with Crippen LogP contribution in [0.3, 0.4) is 0 Å². The van der Waals surface area contributed by atoms with Crippen molar-refractivity contribution in [3.8, 4) is 0 Å². The number of anilines is 3. The topological polar surface area (TPSA) is 95.1 Å². The minimum Gasteiger partial charge on any atom is -0.382 e. The fourth-order valence-corrected chi connectivity index (χ4v) is 3.73. The molecular formula is C23H27N7O. The standard InChI is InChI=1S/C23H27N7O/c1-14(2)30-12-17(13-30)27-23(31)18-11-25-22(9-20(18)26-16-4-5-16)29-21-6-3-15-10-24-8-7-19(15)28-21/h3,6-11,14,16-17H,4-5,12-13H2,1-2H3,(H,27,31)(H2,25,26,28,29). The summed E-state index contributed by atoms with van der Waals surface area (Å²) < 4.78 is 0. The second-order valence-corrected chi connectivity index (χ2v) is 8.64. The number of carbonyl (C=O) groups excluding carboxylic acids is 1. The van der Waals surface area contributed by atoms with Crippen molar-refractivity contribution in [1.29, 1.82) is 0 Å². The number of fused-ring (bicyclic) bond motifs is 1. The highest BCUT2D eigenvalue weighted by molar-refractivity contribution is 6.00. The van der Waals surface area contributed by atoms with Gasteiger partial charge in [-0.2, -0.15) is 0 Å². The number of hydrogen-bond donors (Lipinski definition) is 3. The molecule has 5 rings (SSSR count). The zero-order chi connectivity index (χ0) is 21.4. The van der Waals surface area contributed by atoms with Crippen molar-refractivity contribution >= 4 is 34.1 Å². The normalized spacial score (nSPS) is 16.9. The molecule has 1 saturated heterocycles. The summed E-state index contributed by atoms with van der Waals surface area (Å²) >= 11 is 0. The molecule has 3 aromatic rings. The van der Waals surface area contributed by atoms with Crippen molar-refractivity contribution in [2.24, 2.45) is 0 Å². The Morgan fingerprint density at radius 1 is 1.10 bits per heavy atom. The van der Waals surface area contributed by atoms with Crippen molar-refractivity contribution in [1.82, 2.24) is 25.2 Å². The molecule has 0 spiro atoms. The largest absolute Gasteiger partial charge is 0.382 e. The Bertz CT molecular complexity index is 1110. The van der Waals surface area contributed by atoms with Gasteiger partial charge in [0.05, 0.1) is 22.8 Å². The second-order valence-electron chi connectivity index (χ2n) is 8.64. The van der Waals surface area contributed by atoms with Gasteiger partial charge in [-0.3, -0.25) is 14.7 Å². The summed E-state index contributed by atoms with van der Waals surface area (Å²) in [6, 6.07) is 8.77. The molecule has 2 fully saturated rings. The number of carbonyl (C=O) groups is 1. The maximum atomic E-state index is 12.9. The van der Waals surface area contributed by atoms with E-state index in [1.807, 2.05) is 24.3 Å². The highest BCUT2D eigenvalue weighted by Gasteiger charge is 2.31. The molecule has 0 bridgehead atoms. The van der Waals surface area contributed by atoms with E-state index in [0.29, 0.717) is 29.3 Å². The smallest absolute Gasteiger partial charge is 0.255 e. The van der Waals surface area contributed by atoms with E-state index in [4.69, 9.17) is 0 Å². The molecule has 0 unspecified atom stereocenters. The number of rotatable bonds is 7. The van der Waals surface area contributed by atoms with E-state index in [9.17, 15) is 4.79 Å². The summed E-state index contributed by atoms with van der Waals surface area (Å²) in [5.74, 6) is 1.27. The van der Waals surface area contributed by atoms with Gasteiger partial charge in [0, 0.05) is 55.2 Å². The molecule has 0 atom stereocenters. The zero-order valence-corrected chi connectivity index (χ0v) is 17.8. The van der Waals surface area contributed by atoms with Gasteiger partial charge in [-0.15, -0.1) is 0 Å². The molecule has 8 nitrogen and oxygen atoms in total. The highest BCUT2D eigenvalue weighted by atomic mass is 16.1. The van der Waals surface area contributed by atoms with Gasteiger partial charge in [0.1, 0.15) is 11.6 Å². The molecule has 160 valence electrons. The third-order valence-electron chi connectivity index (χ3n) is 5.81. The van der Waals surface area contributed by atoms with E-state index in [0.717, 1.165) is 42.5 Å². The molecule has 1 amide bonds. The molecule has 0 radical (unpaired) electrons. The molecule has 31 heavy (non-hydrogen) atoms. The van der Waals surface area contributed by atoms with Gasteiger partial charge in [-0.05, 0) is 44.9 Å². The molecule has 1 saturated carbocycles. The average molecular weight is 418 g/mol. The van der Waals surface area contributed by atoms with Crippen molar-refractivity contribution < 1.29 is 4.79 Å². The third kappa shape index (κ3) is 4.44. The van der Waals surface area contributed by atoms with Gasteiger partial charge in [0.15, 0.2) is 0 Å². The number of hydrogen-bond acceptors (Lipinski definition) is 7. The number of likely N-dealkylation sites (tertiary alicyclic amines) is 1. The first-order valence-corrected chi connectivity index (χ1v) is 10.8. The Morgan fingerprint density at radius 3 is 2.71 bits per heavy atom. The van der Waals surface area contributed by atoms with Crippen LogP contribution in [0.25, 0.3) is 10.9 Å². The number of nitrogens with one attached hydrogen (secondary N) is 3. The predicted molar refractivity (Wildman–Crippen MR) is 122 cm³/mol. The van der Waals surface area contributed by atoms with Crippen LogP contribution in [-0.4, -0.2) is 57.0 Å². The van der Waals surface area contributed by atoms with Crippen LogP contribution in [0.5, 0.6) is 0 Å². The number of nitrogens with zero attached hydrogens (tertiary/aromatic N) is 4. The lowest BCUT2D eigenvalue weighted by atomic mass is 10.1. The Balaban J connectivity index is 1.33. The Kier molecular flexibility index (Phi) is 5.15. The van der Waals surface area contributed by atoms with Gasteiger partial charge in [0.2, 0.25) is 0 Å². The lowest BCUT2D eigenvalue weighted by Crippen LogP contribution is -2.61. The van der Waals surface area contributed by atoms with Crippen LogP contribution < -0.4 is 16.0 Å². The van der Waals surface area contributed by atoms with Crippen LogP contribution in [0.15, 0.2) is 42.9 Å². The van der Waals surface area contributed by atoms with Crippen molar-refractivity contribution in [2.75, 3.05) is 23.7 Å². The molecule has 8 heteroatoms. The SMILES string of the molecule is CC(C)N1CC(NC(=O)c2cnc(Nc3ccc4cnccc4n3)cc2NC2CC2)C1. The van der Waals surface area contributed by atoms with Crippen LogP contribution in [0.1, 0.15) is 37.0 Å². The first-order chi connectivity index (χ1) is 15.0. The molecule has 0 aromatic carbocycles. The quantitative estimate of drug-likeness (QED) is 0.543. The van der Waals surface area contributed by atoms with Crippen LogP contribution in [0, 0.1) is 0 Å². The Morgan fingerprint density at radius 2 is 1.94 bits per heavy atom. The lowest BCUT2D eigenvalue weighted by molar-refractivity contribution is 0.0714. The first-order valence-electron chi connectivity index (χ1n) is 10.8. The second kappa shape index (κ2) is 8.11. The van der Waals surface area contributed by atoms with Crippen molar-refractivity contribution in [2.45, 2.75) is 44.8 Å². The monoisotopic (exact) mass is 417 g/mol. The Labute approximate surface area is 181 Å². The number of pyridine rings is 3. The number of amides is 1. The average Bonchev–Trinajstić information content (AvgIpc) is 3.54. The van der Waals surface area contributed by atoms with E-state index >= 15 is 0 Å². The van der Waals surface area contributed by atoms with Crippen molar-refractivity contribution in [3.05, 3.63) is 48.4 Å².